The van der Waals surface area contributed by atoms with Gasteiger partial charge in [0.05, 0.1) is 20.3 Å². The van der Waals surface area contributed by atoms with Gasteiger partial charge in [-0.1, -0.05) is 0 Å². The molecule has 4 fully saturated rings. The third-order valence-corrected chi connectivity index (χ3v) is 6.67. The van der Waals surface area contributed by atoms with Gasteiger partial charge in [0.25, 0.3) is 0 Å². The molecule has 1 unspecified atom stereocenters. The average molecular weight is 358 g/mol. The van der Waals surface area contributed by atoms with Gasteiger partial charge in [0.15, 0.2) is 0 Å². The molecule has 4 bridgehead atoms. The van der Waals surface area contributed by atoms with E-state index < -0.39 is 0 Å². The van der Waals surface area contributed by atoms with Gasteiger partial charge in [-0.15, -0.1) is 0 Å². The molecule has 0 saturated heterocycles. The summed E-state index contributed by atoms with van der Waals surface area (Å²) in [5.41, 5.74) is 0.948. The van der Waals surface area contributed by atoms with Crippen molar-refractivity contribution in [2.45, 2.75) is 57.0 Å². The van der Waals surface area contributed by atoms with Gasteiger partial charge in [-0.3, -0.25) is 0 Å². The lowest BCUT2D eigenvalue weighted by Crippen LogP contribution is -2.61. The van der Waals surface area contributed by atoms with Gasteiger partial charge >= 0.3 is 6.03 Å². The number of hydrogen-bond donors (Lipinski definition) is 2. The second kappa shape index (κ2) is 6.67. The molecule has 1 aromatic carbocycles. The van der Waals surface area contributed by atoms with E-state index in [1.165, 1.54) is 19.3 Å². The summed E-state index contributed by atoms with van der Waals surface area (Å²) in [6.45, 7) is 1.98. The van der Waals surface area contributed by atoms with Crippen molar-refractivity contribution in [3.05, 3.63) is 23.8 Å². The minimum absolute atomic E-state index is 0.0248. The minimum atomic E-state index is -0.158. The van der Waals surface area contributed by atoms with Gasteiger partial charge in [0, 0.05) is 11.1 Å². The molecule has 1 atom stereocenters. The third-order valence-electron chi connectivity index (χ3n) is 6.67. The Hall–Kier alpha value is -1.91. The molecule has 4 saturated carbocycles. The van der Waals surface area contributed by atoms with Crippen LogP contribution in [0.1, 0.15) is 57.1 Å². The second-order valence-electron chi connectivity index (χ2n) is 8.63. The van der Waals surface area contributed by atoms with E-state index in [0.29, 0.717) is 0 Å². The normalized spacial score (nSPS) is 32.8. The fourth-order valence-electron chi connectivity index (χ4n) is 5.99. The Morgan fingerprint density at radius 1 is 1.08 bits per heavy atom. The molecular weight excluding hydrogens is 328 g/mol. The number of carbonyl (C=O) groups is 1. The highest BCUT2D eigenvalue weighted by Crippen LogP contribution is 2.55. The number of benzene rings is 1. The molecule has 1 aromatic rings. The van der Waals surface area contributed by atoms with Crippen LogP contribution in [-0.2, 0) is 0 Å². The molecule has 5 heteroatoms. The van der Waals surface area contributed by atoms with Crippen LogP contribution in [0.15, 0.2) is 18.2 Å². The van der Waals surface area contributed by atoms with Crippen molar-refractivity contribution in [3.8, 4) is 11.5 Å². The Morgan fingerprint density at radius 3 is 2.23 bits per heavy atom. The van der Waals surface area contributed by atoms with Gasteiger partial charge in [-0.25, -0.2) is 4.79 Å². The van der Waals surface area contributed by atoms with Crippen LogP contribution in [-0.4, -0.2) is 25.8 Å². The number of carbonyl (C=O) groups excluding carboxylic acids is 1. The Labute approximate surface area is 155 Å². The zero-order valence-corrected chi connectivity index (χ0v) is 16.0. The van der Waals surface area contributed by atoms with Crippen LogP contribution in [0.5, 0.6) is 11.5 Å². The molecule has 26 heavy (non-hydrogen) atoms. The minimum Gasteiger partial charge on any atom is -0.497 e. The molecule has 0 aromatic heterocycles. The van der Waals surface area contributed by atoms with Crippen LogP contribution in [0.2, 0.25) is 0 Å². The lowest BCUT2D eigenvalue weighted by Gasteiger charge is -2.56. The van der Waals surface area contributed by atoms with Gasteiger partial charge < -0.3 is 20.1 Å². The van der Waals surface area contributed by atoms with Crippen molar-refractivity contribution in [1.29, 1.82) is 0 Å². The van der Waals surface area contributed by atoms with Crippen molar-refractivity contribution in [2.75, 3.05) is 14.2 Å². The molecule has 4 aliphatic rings. The summed E-state index contributed by atoms with van der Waals surface area (Å²) in [5, 5.41) is 6.48. The summed E-state index contributed by atoms with van der Waals surface area (Å²) >= 11 is 0. The highest BCUT2D eigenvalue weighted by atomic mass is 16.5. The zero-order chi connectivity index (χ0) is 18.3. The van der Waals surface area contributed by atoms with E-state index in [1.807, 2.05) is 25.1 Å². The highest BCUT2D eigenvalue weighted by Gasteiger charge is 2.51. The molecule has 0 aliphatic heterocycles. The molecule has 2 N–H and O–H groups in total. The van der Waals surface area contributed by atoms with E-state index in [2.05, 4.69) is 10.6 Å². The lowest BCUT2D eigenvalue weighted by atomic mass is 9.53. The molecule has 142 valence electrons. The fraction of sp³-hybridized carbons (Fsp3) is 0.667. The maximum atomic E-state index is 12.8. The van der Waals surface area contributed by atoms with E-state index in [1.54, 1.807) is 14.2 Å². The van der Waals surface area contributed by atoms with Crippen LogP contribution >= 0.6 is 0 Å². The smallest absolute Gasteiger partial charge is 0.315 e. The highest BCUT2D eigenvalue weighted by molar-refractivity contribution is 5.75. The summed E-state index contributed by atoms with van der Waals surface area (Å²) in [4.78, 5) is 12.8. The van der Waals surface area contributed by atoms with E-state index in [0.717, 1.165) is 54.1 Å². The molecular formula is C21H30N2O3. The third kappa shape index (κ3) is 3.24. The summed E-state index contributed by atoms with van der Waals surface area (Å²) < 4.78 is 10.8. The summed E-state index contributed by atoms with van der Waals surface area (Å²) in [6.07, 6.45) is 7.59. The van der Waals surface area contributed by atoms with E-state index in [-0.39, 0.29) is 17.6 Å². The van der Waals surface area contributed by atoms with Gasteiger partial charge in [0.1, 0.15) is 11.5 Å². The van der Waals surface area contributed by atoms with Gasteiger partial charge in [-0.2, -0.15) is 0 Å². The van der Waals surface area contributed by atoms with Crippen LogP contribution in [0.3, 0.4) is 0 Å². The first-order chi connectivity index (χ1) is 12.5. The standard InChI is InChI=1S/C21H30N2O3/c1-13(18-9-17(25-2)4-5-19(18)26-3)22-20(24)23-21-10-14-6-15(11-21)8-16(7-14)12-21/h4-5,9,13-16H,6-8,10-12H2,1-3H3,(H2,22,23,24). The molecule has 5 rings (SSSR count). The molecule has 0 heterocycles. The van der Waals surface area contributed by atoms with Crippen molar-refractivity contribution in [3.63, 3.8) is 0 Å². The Morgan fingerprint density at radius 2 is 1.69 bits per heavy atom. The van der Waals surface area contributed by atoms with Crippen LogP contribution in [0, 0.1) is 17.8 Å². The molecule has 2 amide bonds. The van der Waals surface area contributed by atoms with E-state index >= 15 is 0 Å². The van der Waals surface area contributed by atoms with Gasteiger partial charge in [0.2, 0.25) is 0 Å². The first kappa shape index (κ1) is 17.5. The predicted octanol–water partition coefficient (Wildman–Crippen LogP) is 4.03. The van der Waals surface area contributed by atoms with E-state index in [9.17, 15) is 4.79 Å². The molecule has 4 aliphatic carbocycles. The Bertz CT molecular complexity index is 653. The molecule has 0 spiro atoms. The van der Waals surface area contributed by atoms with Crippen LogP contribution in [0.4, 0.5) is 4.79 Å². The number of ether oxygens (including phenoxy) is 2. The Kier molecular flexibility index (Phi) is 4.49. The maximum Gasteiger partial charge on any atom is 0.315 e. The largest absolute Gasteiger partial charge is 0.497 e. The molecule has 0 radical (unpaired) electrons. The average Bonchev–Trinajstić information content (AvgIpc) is 2.59. The topological polar surface area (TPSA) is 59.6 Å². The Balaban J connectivity index is 1.44. The fourth-order valence-corrected chi connectivity index (χ4v) is 5.99. The maximum absolute atomic E-state index is 12.8. The number of urea groups is 1. The molecule has 5 nitrogen and oxygen atoms in total. The number of nitrogens with one attached hydrogen (secondary N) is 2. The van der Waals surface area contributed by atoms with Crippen LogP contribution in [0.25, 0.3) is 0 Å². The number of hydrogen-bond acceptors (Lipinski definition) is 3. The first-order valence-electron chi connectivity index (χ1n) is 9.81. The van der Waals surface area contributed by atoms with Crippen molar-refractivity contribution >= 4 is 6.03 Å². The SMILES string of the molecule is COc1ccc(OC)c(C(C)NC(=O)NC23CC4CC(CC(C4)C2)C3)c1. The number of rotatable bonds is 5. The van der Waals surface area contributed by atoms with Crippen molar-refractivity contribution in [2.24, 2.45) is 17.8 Å². The first-order valence-corrected chi connectivity index (χ1v) is 9.81. The zero-order valence-electron chi connectivity index (χ0n) is 16.0. The lowest BCUT2D eigenvalue weighted by molar-refractivity contribution is -0.0136. The summed E-state index contributed by atoms with van der Waals surface area (Å²) in [7, 11) is 3.29. The van der Waals surface area contributed by atoms with E-state index in [4.69, 9.17) is 9.47 Å². The number of methoxy groups -OCH3 is 2. The van der Waals surface area contributed by atoms with Crippen molar-refractivity contribution in [1.82, 2.24) is 10.6 Å². The number of amides is 2. The summed E-state index contributed by atoms with van der Waals surface area (Å²) in [6, 6.07) is 5.45. The monoisotopic (exact) mass is 358 g/mol. The van der Waals surface area contributed by atoms with Crippen molar-refractivity contribution < 1.29 is 14.3 Å². The summed E-state index contributed by atoms with van der Waals surface area (Å²) in [5.74, 6) is 3.97. The quantitative estimate of drug-likeness (QED) is 0.835. The van der Waals surface area contributed by atoms with Crippen LogP contribution < -0.4 is 20.1 Å². The predicted molar refractivity (Wildman–Crippen MR) is 101 cm³/mol. The van der Waals surface area contributed by atoms with Gasteiger partial charge in [-0.05, 0) is 81.4 Å². The second-order valence-corrected chi connectivity index (χ2v) is 8.63.